The van der Waals surface area contributed by atoms with E-state index in [0.29, 0.717) is 5.56 Å². The van der Waals surface area contributed by atoms with Gasteiger partial charge in [0.1, 0.15) is 0 Å². The minimum atomic E-state index is -3.90. The van der Waals surface area contributed by atoms with Gasteiger partial charge in [0.15, 0.2) is 11.5 Å². The van der Waals surface area contributed by atoms with E-state index in [0.717, 1.165) is 54.3 Å². The molecule has 10 heteroatoms. The topological polar surface area (TPSA) is 83.7 Å². The number of anilines is 1. The molecule has 3 aromatic heterocycles. The van der Waals surface area contributed by atoms with Crippen molar-refractivity contribution in [2.45, 2.75) is 30.3 Å². The van der Waals surface area contributed by atoms with E-state index in [-0.39, 0.29) is 15.6 Å². The number of sulfone groups is 1. The summed E-state index contributed by atoms with van der Waals surface area (Å²) < 4.78 is 29.9. The highest BCUT2D eigenvalue weighted by Gasteiger charge is 2.30. The minimum Gasteiger partial charge on any atom is -0.353 e. The first-order valence-electron chi connectivity index (χ1n) is 11.9. The van der Waals surface area contributed by atoms with Crippen LogP contribution in [0.25, 0.3) is 15.9 Å². The van der Waals surface area contributed by atoms with E-state index in [1.807, 2.05) is 36.6 Å². The van der Waals surface area contributed by atoms with Crippen LogP contribution < -0.4 is 4.90 Å². The molecule has 1 aliphatic heterocycles. The second-order valence-electron chi connectivity index (χ2n) is 9.22. The van der Waals surface area contributed by atoms with Crippen LogP contribution in [0.4, 0.5) is 5.82 Å². The number of hydrogen-bond donors (Lipinski definition) is 0. The standard InChI is InChI=1S/C26H26N6O2S2/c1-18-8-9-19(2)22(16-18)36(33,34)26-25-27-24(23-21(10-15-35-23)32(25)29-28-26)31-13-11-30(12-14-31)17-20-6-4-3-5-7-20/h3-10,15-16H,11-14,17H2,1-2H3. The molecule has 0 saturated carbocycles. The molecule has 36 heavy (non-hydrogen) atoms. The largest absolute Gasteiger partial charge is 0.353 e. The van der Waals surface area contributed by atoms with Crippen LogP contribution in [0.15, 0.2) is 69.9 Å². The molecule has 0 aliphatic carbocycles. The van der Waals surface area contributed by atoms with Gasteiger partial charge in [-0.1, -0.05) is 47.7 Å². The maximum absolute atomic E-state index is 13.7. The number of benzene rings is 2. The molecule has 0 radical (unpaired) electrons. The Hall–Kier alpha value is -3.34. The van der Waals surface area contributed by atoms with Gasteiger partial charge in [0, 0.05) is 32.7 Å². The van der Waals surface area contributed by atoms with Crippen molar-refractivity contribution in [1.29, 1.82) is 0 Å². The van der Waals surface area contributed by atoms with Gasteiger partial charge in [-0.25, -0.2) is 13.4 Å². The van der Waals surface area contributed by atoms with Crippen LogP contribution in [-0.4, -0.2) is 59.3 Å². The first-order valence-corrected chi connectivity index (χ1v) is 14.2. The third-order valence-electron chi connectivity index (χ3n) is 6.71. The third-order valence-corrected chi connectivity index (χ3v) is 9.40. The van der Waals surface area contributed by atoms with Gasteiger partial charge < -0.3 is 4.90 Å². The first kappa shape index (κ1) is 23.1. The van der Waals surface area contributed by atoms with E-state index in [2.05, 4.69) is 44.4 Å². The molecular formula is C26H26N6O2S2. The second-order valence-corrected chi connectivity index (χ2v) is 12.0. The van der Waals surface area contributed by atoms with Gasteiger partial charge >= 0.3 is 0 Å². The zero-order valence-corrected chi connectivity index (χ0v) is 21.8. The average molecular weight is 519 g/mol. The van der Waals surface area contributed by atoms with E-state index in [4.69, 9.17) is 4.98 Å². The quantitative estimate of drug-likeness (QED) is 0.346. The first-order chi connectivity index (χ1) is 17.4. The molecule has 6 rings (SSSR count). The highest BCUT2D eigenvalue weighted by atomic mass is 32.2. The lowest BCUT2D eigenvalue weighted by atomic mass is 10.2. The predicted octanol–water partition coefficient (Wildman–Crippen LogP) is 4.11. The van der Waals surface area contributed by atoms with Crippen molar-refractivity contribution in [2.24, 2.45) is 0 Å². The molecule has 0 atom stereocenters. The van der Waals surface area contributed by atoms with Crippen molar-refractivity contribution < 1.29 is 8.42 Å². The van der Waals surface area contributed by atoms with Crippen LogP contribution >= 0.6 is 11.3 Å². The number of rotatable bonds is 5. The van der Waals surface area contributed by atoms with Crippen LogP contribution in [0.3, 0.4) is 0 Å². The molecule has 0 bridgehead atoms. The lowest BCUT2D eigenvalue weighted by Gasteiger charge is -2.35. The Balaban J connectivity index is 1.37. The van der Waals surface area contributed by atoms with Crippen LogP contribution in [-0.2, 0) is 16.4 Å². The lowest BCUT2D eigenvalue weighted by Crippen LogP contribution is -2.46. The van der Waals surface area contributed by atoms with Crippen molar-refractivity contribution in [3.63, 3.8) is 0 Å². The second kappa shape index (κ2) is 8.95. The zero-order valence-electron chi connectivity index (χ0n) is 20.1. The molecule has 0 unspecified atom stereocenters. The van der Waals surface area contributed by atoms with Crippen molar-refractivity contribution in [3.05, 3.63) is 76.7 Å². The van der Waals surface area contributed by atoms with Gasteiger partial charge in [-0.15, -0.1) is 16.4 Å². The Kier molecular flexibility index (Phi) is 5.74. The molecule has 0 N–H and O–H groups in total. The summed E-state index contributed by atoms with van der Waals surface area (Å²) in [6, 6.07) is 17.8. The van der Waals surface area contributed by atoms with Crippen LogP contribution in [0, 0.1) is 13.8 Å². The summed E-state index contributed by atoms with van der Waals surface area (Å²) in [5.74, 6) is 0.798. The number of nitrogens with zero attached hydrogens (tertiary/aromatic N) is 6. The number of aromatic nitrogens is 4. The molecular weight excluding hydrogens is 492 g/mol. The molecule has 0 amide bonds. The van der Waals surface area contributed by atoms with E-state index >= 15 is 0 Å². The zero-order chi connectivity index (χ0) is 24.9. The van der Waals surface area contributed by atoms with Gasteiger partial charge in [0.05, 0.1) is 15.1 Å². The Morgan fingerprint density at radius 3 is 2.53 bits per heavy atom. The van der Waals surface area contributed by atoms with Gasteiger partial charge in [0.25, 0.3) is 0 Å². The van der Waals surface area contributed by atoms with Crippen LogP contribution in [0.5, 0.6) is 0 Å². The van der Waals surface area contributed by atoms with E-state index < -0.39 is 9.84 Å². The molecule has 1 saturated heterocycles. The molecule has 5 aromatic rings. The summed E-state index contributed by atoms with van der Waals surface area (Å²) in [5, 5.41) is 10.2. The summed E-state index contributed by atoms with van der Waals surface area (Å²) in [6.45, 7) is 8.01. The highest BCUT2D eigenvalue weighted by Crippen LogP contribution is 2.34. The fourth-order valence-electron chi connectivity index (χ4n) is 4.76. The number of aryl methyl sites for hydroxylation is 2. The molecule has 8 nitrogen and oxygen atoms in total. The molecule has 1 aliphatic rings. The summed E-state index contributed by atoms with van der Waals surface area (Å²) in [6.07, 6.45) is 0. The van der Waals surface area contributed by atoms with Crippen molar-refractivity contribution in [1.82, 2.24) is 24.7 Å². The van der Waals surface area contributed by atoms with Gasteiger partial charge in [-0.3, -0.25) is 4.90 Å². The van der Waals surface area contributed by atoms with Crippen molar-refractivity contribution in [3.8, 4) is 0 Å². The molecule has 2 aromatic carbocycles. The number of hydrogen-bond acceptors (Lipinski definition) is 8. The molecule has 1 fully saturated rings. The highest BCUT2D eigenvalue weighted by molar-refractivity contribution is 7.91. The fraction of sp³-hybridized carbons (Fsp3) is 0.269. The minimum absolute atomic E-state index is 0.103. The maximum atomic E-state index is 13.7. The summed E-state index contributed by atoms with van der Waals surface area (Å²) in [7, 11) is -3.90. The Morgan fingerprint density at radius 2 is 1.75 bits per heavy atom. The fourth-order valence-corrected chi connectivity index (χ4v) is 7.20. The van der Waals surface area contributed by atoms with Crippen molar-refractivity contribution in [2.75, 3.05) is 31.1 Å². The Labute approximate surface area is 213 Å². The Bertz CT molecular complexity index is 1670. The number of piperazine rings is 1. The Morgan fingerprint density at radius 1 is 0.972 bits per heavy atom. The molecule has 0 spiro atoms. The lowest BCUT2D eigenvalue weighted by molar-refractivity contribution is 0.249. The smallest absolute Gasteiger partial charge is 0.229 e. The summed E-state index contributed by atoms with van der Waals surface area (Å²) >= 11 is 1.59. The summed E-state index contributed by atoms with van der Waals surface area (Å²) in [4.78, 5) is 9.82. The third kappa shape index (κ3) is 3.95. The number of thiophene rings is 1. The summed E-state index contributed by atoms with van der Waals surface area (Å²) in [5.41, 5.74) is 3.94. The molecule has 4 heterocycles. The monoisotopic (exact) mass is 518 g/mol. The van der Waals surface area contributed by atoms with Gasteiger partial charge in [-0.2, -0.15) is 4.52 Å². The SMILES string of the molecule is Cc1ccc(C)c(S(=O)(=O)c2nnn3c2nc(N2CCN(Cc4ccccc4)CC2)c2sccc23)c1. The van der Waals surface area contributed by atoms with Gasteiger partial charge in [0.2, 0.25) is 14.9 Å². The normalized spacial score (nSPS) is 15.2. The van der Waals surface area contributed by atoms with E-state index in [1.54, 1.807) is 28.8 Å². The number of fused-ring (bicyclic) bond motifs is 3. The van der Waals surface area contributed by atoms with Crippen molar-refractivity contribution >= 4 is 42.9 Å². The predicted molar refractivity (Wildman–Crippen MR) is 141 cm³/mol. The average Bonchev–Trinajstić information content (AvgIpc) is 3.54. The van der Waals surface area contributed by atoms with Crippen LogP contribution in [0.2, 0.25) is 0 Å². The van der Waals surface area contributed by atoms with E-state index in [9.17, 15) is 8.42 Å². The van der Waals surface area contributed by atoms with E-state index in [1.165, 1.54) is 5.56 Å². The van der Waals surface area contributed by atoms with Gasteiger partial charge in [-0.05, 0) is 48.1 Å². The molecule has 184 valence electrons. The maximum Gasteiger partial charge on any atom is 0.229 e. The van der Waals surface area contributed by atoms with Crippen LogP contribution in [0.1, 0.15) is 16.7 Å².